The van der Waals surface area contributed by atoms with Crippen LogP contribution in [-0.2, 0) is 11.4 Å². The molecule has 0 aromatic heterocycles. The van der Waals surface area contributed by atoms with E-state index in [4.69, 9.17) is 9.47 Å². The topological polar surface area (TPSA) is 67.0 Å². The van der Waals surface area contributed by atoms with Gasteiger partial charge in [-0.2, -0.15) is 5.26 Å². The Morgan fingerprint density at radius 3 is 2.77 bits per heavy atom. The molecule has 2 aliphatic heterocycles. The van der Waals surface area contributed by atoms with Crippen molar-refractivity contribution in [3.05, 3.63) is 70.3 Å². The van der Waals surface area contributed by atoms with Crippen molar-refractivity contribution >= 4 is 17.7 Å². The lowest BCUT2D eigenvalue weighted by Gasteiger charge is -2.37. The molecule has 1 fully saturated rings. The number of thioether (sulfide) groups is 1. The van der Waals surface area contributed by atoms with Gasteiger partial charge in [0.2, 0.25) is 5.91 Å². The second-order valence-electron chi connectivity index (χ2n) is 7.50. The molecule has 154 valence electrons. The van der Waals surface area contributed by atoms with E-state index in [0.29, 0.717) is 30.3 Å². The molecule has 2 aliphatic rings. The zero-order valence-electron chi connectivity index (χ0n) is 17.1. The number of amides is 1. The van der Waals surface area contributed by atoms with E-state index in [1.807, 2.05) is 55.6 Å². The largest absolute Gasteiger partial charge is 0.493 e. The van der Waals surface area contributed by atoms with Gasteiger partial charge < -0.3 is 14.4 Å². The van der Waals surface area contributed by atoms with E-state index in [0.717, 1.165) is 22.0 Å². The number of hydrogen-bond acceptors (Lipinski definition) is 5. The zero-order chi connectivity index (χ0) is 21.1. The highest BCUT2D eigenvalue weighted by atomic mass is 32.2. The van der Waals surface area contributed by atoms with Crippen LogP contribution in [0.15, 0.2) is 59.1 Å². The lowest BCUT2D eigenvalue weighted by Crippen LogP contribution is -3.11. The van der Waals surface area contributed by atoms with Gasteiger partial charge in [-0.15, -0.1) is 0 Å². The van der Waals surface area contributed by atoms with E-state index in [2.05, 4.69) is 6.07 Å². The van der Waals surface area contributed by atoms with E-state index >= 15 is 0 Å². The number of nitriles is 1. The normalized spacial score (nSPS) is 21.1. The molecule has 2 aromatic carbocycles. The highest BCUT2D eigenvalue weighted by molar-refractivity contribution is 8.02. The third-order valence-corrected chi connectivity index (χ3v) is 6.69. The number of hydrogen-bond donors (Lipinski definition) is 1. The minimum Gasteiger partial charge on any atom is -0.493 e. The number of quaternary nitrogens is 1. The number of allylic oxidation sites excluding steroid dienone is 1. The van der Waals surface area contributed by atoms with Gasteiger partial charge in [-0.25, -0.2) is 0 Å². The maximum Gasteiger partial charge on any atom is 0.232 e. The van der Waals surface area contributed by atoms with Crippen molar-refractivity contribution in [2.24, 2.45) is 0 Å². The van der Waals surface area contributed by atoms with E-state index in [9.17, 15) is 10.1 Å². The summed E-state index contributed by atoms with van der Waals surface area (Å²) in [6.45, 7) is 1.04. The molecule has 1 unspecified atom stereocenters. The maximum atomic E-state index is 12.8. The quantitative estimate of drug-likeness (QED) is 0.802. The fraction of sp³-hybridized carbons (Fsp3) is 0.304. The Morgan fingerprint density at radius 1 is 1.23 bits per heavy atom. The molecule has 30 heavy (non-hydrogen) atoms. The first-order valence-electron chi connectivity index (χ1n) is 9.84. The predicted molar refractivity (Wildman–Crippen MR) is 115 cm³/mol. The summed E-state index contributed by atoms with van der Waals surface area (Å²) < 4.78 is 11.5. The first-order valence-corrected chi connectivity index (χ1v) is 10.8. The zero-order valence-corrected chi connectivity index (χ0v) is 17.9. The first-order chi connectivity index (χ1) is 14.6. The third kappa shape index (κ3) is 4.02. The average Bonchev–Trinajstić information content (AvgIpc) is 2.78. The van der Waals surface area contributed by atoms with Crippen molar-refractivity contribution in [3.63, 3.8) is 0 Å². The molecule has 0 saturated carbocycles. The van der Waals surface area contributed by atoms with Gasteiger partial charge in [-0.05, 0) is 35.0 Å². The summed E-state index contributed by atoms with van der Waals surface area (Å²) in [7, 11) is 3.65. The van der Waals surface area contributed by atoms with Gasteiger partial charge in [0.25, 0.3) is 0 Å². The molecule has 0 spiro atoms. The van der Waals surface area contributed by atoms with Crippen LogP contribution in [0.4, 0.5) is 0 Å². The molecule has 1 N–H and O–H groups in total. The molecular weight excluding hydrogens is 398 g/mol. The molecule has 1 amide bonds. The molecule has 4 rings (SSSR count). The summed E-state index contributed by atoms with van der Waals surface area (Å²) in [4.78, 5) is 15.8. The number of benzene rings is 2. The van der Waals surface area contributed by atoms with E-state index < -0.39 is 0 Å². The summed E-state index contributed by atoms with van der Waals surface area (Å²) in [5.41, 5.74) is 2.62. The van der Waals surface area contributed by atoms with E-state index in [1.165, 1.54) is 4.90 Å². The van der Waals surface area contributed by atoms with Crippen molar-refractivity contribution in [2.75, 3.05) is 26.7 Å². The van der Waals surface area contributed by atoms with Crippen LogP contribution in [0.3, 0.4) is 0 Å². The van der Waals surface area contributed by atoms with Gasteiger partial charge in [0.05, 0.1) is 25.8 Å². The molecule has 2 heterocycles. The van der Waals surface area contributed by atoms with Crippen LogP contribution in [0.25, 0.3) is 0 Å². The predicted octanol–water partition coefficient (Wildman–Crippen LogP) is 2.50. The fourth-order valence-corrected chi connectivity index (χ4v) is 4.92. The SMILES string of the molecule is COc1cc([C@H]2CC(=O)N3C[NH+](C)CSC3=C2C#N)ccc1OCc1ccccc1. The lowest BCUT2D eigenvalue weighted by molar-refractivity contribution is -0.876. The number of carbonyl (C=O) groups excluding carboxylic acids is 1. The van der Waals surface area contributed by atoms with Crippen LogP contribution in [0.5, 0.6) is 11.5 Å². The van der Waals surface area contributed by atoms with Crippen LogP contribution < -0.4 is 14.4 Å². The number of ether oxygens (including phenoxy) is 2. The van der Waals surface area contributed by atoms with Crippen molar-refractivity contribution in [1.82, 2.24) is 4.90 Å². The van der Waals surface area contributed by atoms with Crippen LogP contribution in [-0.4, -0.2) is 37.5 Å². The highest BCUT2D eigenvalue weighted by Gasteiger charge is 2.39. The van der Waals surface area contributed by atoms with Gasteiger partial charge in [0, 0.05) is 12.3 Å². The van der Waals surface area contributed by atoms with Gasteiger partial charge in [-0.3, -0.25) is 9.69 Å². The molecule has 1 saturated heterocycles. The standard InChI is InChI=1S/C23H23N3O3S/c1-25-14-26-22(27)11-18(19(12-24)23(26)30-15-25)17-8-9-20(21(10-17)28-2)29-13-16-6-4-3-5-7-16/h3-10,18H,11,13-15H2,1-2H3/p+1/t18-/m1/s1. The van der Waals surface area contributed by atoms with Crippen molar-refractivity contribution < 1.29 is 19.2 Å². The number of rotatable bonds is 5. The Morgan fingerprint density at radius 2 is 2.03 bits per heavy atom. The minimum absolute atomic E-state index is 0.0592. The molecule has 6 nitrogen and oxygen atoms in total. The van der Waals surface area contributed by atoms with Gasteiger partial charge in [0.1, 0.15) is 17.5 Å². The number of fused-ring (bicyclic) bond motifs is 1. The summed E-state index contributed by atoms with van der Waals surface area (Å²) in [5, 5.41) is 10.7. The number of carbonyl (C=O) groups is 1. The van der Waals surface area contributed by atoms with E-state index in [-0.39, 0.29) is 18.2 Å². The van der Waals surface area contributed by atoms with Gasteiger partial charge in [0.15, 0.2) is 18.2 Å². The Bertz CT molecular complexity index is 1020. The summed E-state index contributed by atoms with van der Waals surface area (Å²) in [5.74, 6) is 1.87. The Hall–Kier alpha value is -2.95. The second-order valence-corrected chi connectivity index (χ2v) is 8.46. The highest BCUT2D eigenvalue weighted by Crippen LogP contribution is 2.42. The minimum atomic E-state index is -0.267. The van der Waals surface area contributed by atoms with Crippen LogP contribution in [0, 0.1) is 11.3 Å². The molecular formula is C23H24N3O3S+. The van der Waals surface area contributed by atoms with Crippen molar-refractivity contribution in [1.29, 1.82) is 5.26 Å². The lowest BCUT2D eigenvalue weighted by atomic mass is 9.86. The monoisotopic (exact) mass is 422 g/mol. The Balaban J connectivity index is 1.61. The second kappa shape index (κ2) is 8.82. The Kier molecular flexibility index (Phi) is 5.98. The summed E-state index contributed by atoms with van der Waals surface area (Å²) >= 11 is 1.58. The molecule has 0 radical (unpaired) electrons. The first kappa shape index (κ1) is 20.3. The maximum absolute atomic E-state index is 12.8. The molecule has 0 bridgehead atoms. The summed E-state index contributed by atoms with van der Waals surface area (Å²) in [6, 6.07) is 18.0. The summed E-state index contributed by atoms with van der Waals surface area (Å²) in [6.07, 6.45) is 0.285. The molecule has 7 heteroatoms. The third-order valence-electron chi connectivity index (χ3n) is 5.33. The molecule has 2 aromatic rings. The van der Waals surface area contributed by atoms with Crippen LogP contribution >= 0.6 is 11.8 Å². The van der Waals surface area contributed by atoms with E-state index in [1.54, 1.807) is 23.8 Å². The number of methoxy groups -OCH3 is 1. The number of nitrogens with one attached hydrogen (secondary N) is 1. The number of nitrogens with zero attached hydrogens (tertiary/aromatic N) is 2. The average molecular weight is 423 g/mol. The Labute approximate surface area is 180 Å². The smallest absolute Gasteiger partial charge is 0.232 e. The van der Waals surface area contributed by atoms with Crippen molar-refractivity contribution in [2.45, 2.75) is 18.9 Å². The van der Waals surface area contributed by atoms with Crippen molar-refractivity contribution in [3.8, 4) is 17.6 Å². The van der Waals surface area contributed by atoms with Gasteiger partial charge in [-0.1, -0.05) is 36.4 Å². The fourth-order valence-electron chi connectivity index (χ4n) is 3.78. The molecule has 2 atom stereocenters. The molecule has 0 aliphatic carbocycles. The van der Waals surface area contributed by atoms with Gasteiger partial charge >= 0.3 is 0 Å². The van der Waals surface area contributed by atoms with Crippen LogP contribution in [0.1, 0.15) is 23.5 Å². The van der Waals surface area contributed by atoms with Crippen LogP contribution in [0.2, 0.25) is 0 Å².